The highest BCUT2D eigenvalue weighted by molar-refractivity contribution is 5.65. The first-order valence-electron chi connectivity index (χ1n) is 2.12. The van der Waals surface area contributed by atoms with Crippen molar-refractivity contribution in [1.29, 1.82) is 0 Å². The molecule has 1 atom stereocenters. The van der Waals surface area contributed by atoms with Gasteiger partial charge in [-0.25, -0.2) is 4.79 Å². The Kier molecular flexibility index (Phi) is 2.49. The maximum atomic E-state index is 9.76. The van der Waals surface area contributed by atoms with Gasteiger partial charge in [-0.05, 0) is 6.92 Å². The monoisotopic (exact) mass is 113 g/mol. The molecule has 0 aromatic carbocycles. The lowest BCUT2D eigenvalue weighted by Gasteiger charge is -1.99. The quantitative estimate of drug-likeness (QED) is 0.480. The average Bonchev–Trinajstić information content (AvgIpc) is 1.65. The molecule has 0 spiro atoms. The van der Waals surface area contributed by atoms with E-state index in [1.54, 1.807) is 6.92 Å². The van der Waals surface area contributed by atoms with Crippen LogP contribution in [-0.4, -0.2) is 17.2 Å². The summed E-state index contributed by atoms with van der Waals surface area (Å²) >= 11 is 0. The van der Waals surface area contributed by atoms with Crippen molar-refractivity contribution in [3.8, 4) is 12.3 Å². The summed E-state index contributed by atoms with van der Waals surface area (Å²) in [6.45, 7) is 1.59. The van der Waals surface area contributed by atoms with Gasteiger partial charge in [0, 0.05) is 0 Å². The predicted molar refractivity (Wildman–Crippen MR) is 29.5 cm³/mol. The Bertz CT molecular complexity index is 125. The van der Waals surface area contributed by atoms with Gasteiger partial charge < -0.3 is 10.4 Å². The van der Waals surface area contributed by atoms with Crippen LogP contribution in [0.3, 0.4) is 0 Å². The van der Waals surface area contributed by atoms with E-state index in [1.165, 1.54) is 0 Å². The summed E-state index contributed by atoms with van der Waals surface area (Å²) in [5.41, 5.74) is 0. The minimum Gasteiger partial charge on any atom is -0.465 e. The molecule has 2 N–H and O–H groups in total. The molecule has 0 aliphatic rings. The molecule has 0 aromatic rings. The van der Waals surface area contributed by atoms with Crippen molar-refractivity contribution in [3.05, 3.63) is 0 Å². The lowest BCUT2D eigenvalue weighted by atomic mass is 10.4. The first-order chi connectivity index (χ1) is 3.66. The molecule has 0 saturated heterocycles. The lowest BCUT2D eigenvalue weighted by molar-refractivity contribution is 0.193. The summed E-state index contributed by atoms with van der Waals surface area (Å²) in [6, 6.07) is -0.396. The zero-order chi connectivity index (χ0) is 6.57. The zero-order valence-corrected chi connectivity index (χ0v) is 4.51. The molecule has 3 heteroatoms. The standard InChI is InChI=1S/C5H7NO2/c1-3-4(2)6-5(7)8/h1,4,6H,2H3,(H,7,8). The van der Waals surface area contributed by atoms with Gasteiger partial charge in [0.1, 0.15) is 0 Å². The Morgan fingerprint density at radius 1 is 2.00 bits per heavy atom. The van der Waals surface area contributed by atoms with Gasteiger partial charge in [0.05, 0.1) is 6.04 Å². The van der Waals surface area contributed by atoms with Crippen LogP contribution in [0.4, 0.5) is 4.79 Å². The number of amides is 1. The second-order valence-electron chi connectivity index (χ2n) is 1.34. The molecule has 0 aliphatic heterocycles. The predicted octanol–water partition coefficient (Wildman–Crippen LogP) is 0.276. The fourth-order valence-electron chi connectivity index (χ4n) is 0.227. The third kappa shape index (κ3) is 3.04. The molecular weight excluding hydrogens is 106 g/mol. The van der Waals surface area contributed by atoms with Crippen LogP contribution in [-0.2, 0) is 0 Å². The Labute approximate surface area is 47.7 Å². The summed E-state index contributed by atoms with van der Waals surface area (Å²) in [6.07, 6.45) is 3.76. The second kappa shape index (κ2) is 2.92. The molecule has 0 aromatic heterocycles. The molecule has 3 nitrogen and oxygen atoms in total. The molecule has 0 fully saturated rings. The summed E-state index contributed by atoms with van der Waals surface area (Å²) in [4.78, 5) is 9.76. The van der Waals surface area contributed by atoms with E-state index >= 15 is 0 Å². The van der Waals surface area contributed by atoms with E-state index in [0.717, 1.165) is 0 Å². The van der Waals surface area contributed by atoms with Crippen LogP contribution >= 0.6 is 0 Å². The third-order valence-corrected chi connectivity index (χ3v) is 0.590. The van der Waals surface area contributed by atoms with Crippen molar-refractivity contribution in [2.24, 2.45) is 0 Å². The van der Waals surface area contributed by atoms with Crippen LogP contribution in [0.1, 0.15) is 6.92 Å². The fraction of sp³-hybridized carbons (Fsp3) is 0.400. The lowest BCUT2D eigenvalue weighted by Crippen LogP contribution is -2.29. The number of terminal acetylenes is 1. The van der Waals surface area contributed by atoms with Crippen LogP contribution in [0, 0.1) is 12.3 Å². The summed E-state index contributed by atoms with van der Waals surface area (Å²) in [5.74, 6) is 2.20. The highest BCUT2D eigenvalue weighted by Gasteiger charge is 1.97. The van der Waals surface area contributed by atoms with Crippen molar-refractivity contribution >= 4 is 6.09 Å². The van der Waals surface area contributed by atoms with Gasteiger partial charge in [-0.2, -0.15) is 0 Å². The molecule has 0 radical (unpaired) electrons. The highest BCUT2D eigenvalue weighted by atomic mass is 16.4. The van der Waals surface area contributed by atoms with Gasteiger partial charge in [0.15, 0.2) is 0 Å². The van der Waals surface area contributed by atoms with Crippen LogP contribution in [0.2, 0.25) is 0 Å². The van der Waals surface area contributed by atoms with Gasteiger partial charge in [0.2, 0.25) is 0 Å². The minimum absolute atomic E-state index is 0.396. The number of carbonyl (C=O) groups is 1. The number of hydrogen-bond acceptors (Lipinski definition) is 1. The first-order valence-corrected chi connectivity index (χ1v) is 2.12. The van der Waals surface area contributed by atoms with Gasteiger partial charge in [-0.15, -0.1) is 6.42 Å². The van der Waals surface area contributed by atoms with Gasteiger partial charge in [-0.1, -0.05) is 5.92 Å². The van der Waals surface area contributed by atoms with Crippen LogP contribution < -0.4 is 5.32 Å². The fourth-order valence-corrected chi connectivity index (χ4v) is 0.227. The van der Waals surface area contributed by atoms with E-state index in [4.69, 9.17) is 11.5 Å². The van der Waals surface area contributed by atoms with Crippen LogP contribution in [0.5, 0.6) is 0 Å². The van der Waals surface area contributed by atoms with Crippen LogP contribution in [0.25, 0.3) is 0 Å². The highest BCUT2D eigenvalue weighted by Crippen LogP contribution is 1.73. The Hall–Kier alpha value is -1.17. The van der Waals surface area contributed by atoms with E-state index in [-0.39, 0.29) is 0 Å². The van der Waals surface area contributed by atoms with E-state index in [2.05, 4.69) is 11.2 Å². The maximum absolute atomic E-state index is 9.76. The Morgan fingerprint density at radius 2 is 2.50 bits per heavy atom. The molecule has 1 unspecified atom stereocenters. The molecule has 8 heavy (non-hydrogen) atoms. The molecule has 1 amide bonds. The van der Waals surface area contributed by atoms with Crippen molar-refractivity contribution in [3.63, 3.8) is 0 Å². The first kappa shape index (κ1) is 6.83. The summed E-state index contributed by atoms with van der Waals surface area (Å²) < 4.78 is 0. The number of rotatable bonds is 1. The molecule has 0 saturated carbocycles. The summed E-state index contributed by atoms with van der Waals surface area (Å²) in [7, 11) is 0. The van der Waals surface area contributed by atoms with Gasteiger partial charge in [0.25, 0.3) is 0 Å². The SMILES string of the molecule is C#CC(C)NC(=O)O. The van der Waals surface area contributed by atoms with E-state index in [1.807, 2.05) is 0 Å². The summed E-state index contributed by atoms with van der Waals surface area (Å²) in [5, 5.41) is 10.1. The van der Waals surface area contributed by atoms with E-state index in [0.29, 0.717) is 0 Å². The molecule has 44 valence electrons. The molecule has 0 aliphatic carbocycles. The van der Waals surface area contributed by atoms with Crippen LogP contribution in [0.15, 0.2) is 0 Å². The van der Waals surface area contributed by atoms with E-state index < -0.39 is 12.1 Å². The normalized spacial score (nSPS) is 11.5. The van der Waals surface area contributed by atoms with E-state index in [9.17, 15) is 4.79 Å². The third-order valence-electron chi connectivity index (χ3n) is 0.590. The second-order valence-corrected chi connectivity index (χ2v) is 1.34. The van der Waals surface area contributed by atoms with Crippen molar-refractivity contribution in [2.75, 3.05) is 0 Å². The molecular formula is C5H7NO2. The topological polar surface area (TPSA) is 49.3 Å². The maximum Gasteiger partial charge on any atom is 0.405 e. The average molecular weight is 113 g/mol. The van der Waals surface area contributed by atoms with Crippen molar-refractivity contribution in [1.82, 2.24) is 5.32 Å². The molecule has 0 rings (SSSR count). The number of hydrogen-bond donors (Lipinski definition) is 2. The van der Waals surface area contributed by atoms with Gasteiger partial charge in [-0.3, -0.25) is 0 Å². The van der Waals surface area contributed by atoms with Gasteiger partial charge >= 0.3 is 6.09 Å². The van der Waals surface area contributed by atoms with Crippen molar-refractivity contribution in [2.45, 2.75) is 13.0 Å². The van der Waals surface area contributed by atoms with Crippen molar-refractivity contribution < 1.29 is 9.90 Å². The smallest absolute Gasteiger partial charge is 0.405 e. The Morgan fingerprint density at radius 3 is 2.62 bits per heavy atom. The molecule has 0 bridgehead atoms. The zero-order valence-electron chi connectivity index (χ0n) is 4.51. The molecule has 0 heterocycles. The number of nitrogens with one attached hydrogen (secondary N) is 1. The Balaban J connectivity index is 3.43. The number of carboxylic acid groups (broad SMARTS) is 1. The largest absolute Gasteiger partial charge is 0.465 e. The minimum atomic E-state index is -1.09.